The highest BCUT2D eigenvalue weighted by Crippen LogP contribution is 2.30. The Hall–Kier alpha value is -1.46. The number of hydrogen-bond donors (Lipinski definition) is 2. The molecule has 0 spiro atoms. The van der Waals surface area contributed by atoms with Crippen molar-refractivity contribution in [2.24, 2.45) is 0 Å². The van der Waals surface area contributed by atoms with Gasteiger partial charge in [-0.3, -0.25) is 4.79 Å². The fraction of sp³-hybridized carbons (Fsp3) is 0.250. The summed E-state index contributed by atoms with van der Waals surface area (Å²) in [6.45, 7) is 0.320. The van der Waals surface area contributed by atoms with Crippen LogP contribution in [0.1, 0.15) is 14.5 Å². The van der Waals surface area contributed by atoms with Gasteiger partial charge < -0.3 is 5.32 Å². The molecular weight excluding hydrogens is 410 g/mol. The van der Waals surface area contributed by atoms with Crippen LogP contribution in [0.3, 0.4) is 0 Å². The molecule has 10 heteroatoms. The number of nitrogens with one attached hydrogen (secondary N) is 2. The highest BCUT2D eigenvalue weighted by atomic mass is 32.2. The van der Waals surface area contributed by atoms with Gasteiger partial charge in [-0.15, -0.1) is 22.7 Å². The zero-order valence-electron chi connectivity index (χ0n) is 14.1. The van der Waals surface area contributed by atoms with E-state index >= 15 is 0 Å². The van der Waals surface area contributed by atoms with Gasteiger partial charge in [-0.2, -0.15) is 0 Å². The minimum atomic E-state index is -3.19. The Bertz CT molecular complexity index is 1040. The van der Waals surface area contributed by atoms with E-state index in [0.717, 1.165) is 31.4 Å². The lowest BCUT2D eigenvalue weighted by Crippen LogP contribution is -2.24. The summed E-state index contributed by atoms with van der Waals surface area (Å²) in [5.74, 6) is -0.175. The maximum Gasteiger partial charge on any atom is 0.265 e. The number of benzene rings is 1. The maximum atomic E-state index is 12.4. The van der Waals surface area contributed by atoms with E-state index in [0.29, 0.717) is 17.8 Å². The maximum absolute atomic E-state index is 12.4. The predicted octanol–water partition coefficient (Wildman–Crippen LogP) is 3.42. The SMILES string of the molecule is CSc1nc2ccc(NC(=O)c3ccc(CCNS(C)(=O)=O)s3)cc2s1. The molecule has 138 valence electrons. The number of carbonyl (C=O) groups excluding carboxylic acids is 1. The largest absolute Gasteiger partial charge is 0.321 e. The van der Waals surface area contributed by atoms with Crippen LogP contribution in [0.4, 0.5) is 5.69 Å². The summed E-state index contributed by atoms with van der Waals surface area (Å²) in [6.07, 6.45) is 3.66. The van der Waals surface area contributed by atoms with E-state index in [1.54, 1.807) is 29.2 Å². The van der Waals surface area contributed by atoms with Crippen LogP contribution < -0.4 is 10.0 Å². The number of thiazole rings is 1. The van der Waals surface area contributed by atoms with Gasteiger partial charge in [0.05, 0.1) is 21.3 Å². The minimum Gasteiger partial charge on any atom is -0.321 e. The van der Waals surface area contributed by atoms with E-state index in [1.165, 1.54) is 11.3 Å². The monoisotopic (exact) mass is 427 g/mol. The summed E-state index contributed by atoms with van der Waals surface area (Å²) in [4.78, 5) is 18.5. The normalized spacial score (nSPS) is 11.8. The van der Waals surface area contributed by atoms with Crippen molar-refractivity contribution in [1.29, 1.82) is 0 Å². The highest BCUT2D eigenvalue weighted by molar-refractivity contribution is 8.00. The van der Waals surface area contributed by atoms with E-state index in [9.17, 15) is 13.2 Å². The van der Waals surface area contributed by atoms with Crippen molar-refractivity contribution in [3.05, 3.63) is 40.1 Å². The van der Waals surface area contributed by atoms with Crippen molar-refractivity contribution in [2.45, 2.75) is 10.8 Å². The van der Waals surface area contributed by atoms with Crippen molar-refractivity contribution >= 4 is 66.3 Å². The highest BCUT2D eigenvalue weighted by Gasteiger charge is 2.11. The van der Waals surface area contributed by atoms with Crippen LogP contribution in [-0.2, 0) is 16.4 Å². The minimum absolute atomic E-state index is 0.175. The van der Waals surface area contributed by atoms with Gasteiger partial charge in [0.25, 0.3) is 5.91 Å². The molecule has 2 heterocycles. The molecule has 0 bridgehead atoms. The lowest BCUT2D eigenvalue weighted by atomic mass is 10.3. The summed E-state index contributed by atoms with van der Waals surface area (Å²) in [6, 6.07) is 9.27. The number of thiophene rings is 1. The Labute approximate surface area is 164 Å². The van der Waals surface area contributed by atoms with Gasteiger partial charge in [-0.1, -0.05) is 11.8 Å². The Morgan fingerprint density at radius 1 is 1.23 bits per heavy atom. The third-order valence-corrected chi connectivity index (χ3v) is 7.30. The molecule has 1 aromatic carbocycles. The number of amides is 1. The van der Waals surface area contributed by atoms with E-state index in [1.807, 2.05) is 30.5 Å². The molecule has 6 nitrogen and oxygen atoms in total. The van der Waals surface area contributed by atoms with Crippen LogP contribution in [-0.4, -0.2) is 38.4 Å². The van der Waals surface area contributed by atoms with Gasteiger partial charge in [0, 0.05) is 17.1 Å². The van der Waals surface area contributed by atoms with Crippen molar-refractivity contribution in [3.63, 3.8) is 0 Å². The third-order valence-electron chi connectivity index (χ3n) is 3.42. The van der Waals surface area contributed by atoms with Crippen LogP contribution >= 0.6 is 34.4 Å². The topological polar surface area (TPSA) is 88.2 Å². The van der Waals surface area contributed by atoms with Gasteiger partial charge in [0.1, 0.15) is 0 Å². The third kappa shape index (κ3) is 5.04. The predicted molar refractivity (Wildman–Crippen MR) is 110 cm³/mol. The zero-order valence-corrected chi connectivity index (χ0v) is 17.4. The zero-order chi connectivity index (χ0) is 18.7. The van der Waals surface area contributed by atoms with Crippen LogP contribution in [0.25, 0.3) is 10.2 Å². The number of aromatic nitrogens is 1. The van der Waals surface area contributed by atoms with Gasteiger partial charge in [-0.25, -0.2) is 18.1 Å². The lowest BCUT2D eigenvalue weighted by Gasteiger charge is -2.03. The first kappa shape index (κ1) is 19.3. The van der Waals surface area contributed by atoms with E-state index < -0.39 is 10.0 Å². The molecule has 2 N–H and O–H groups in total. The average Bonchev–Trinajstić information content (AvgIpc) is 3.19. The van der Waals surface area contributed by atoms with E-state index in [-0.39, 0.29) is 5.91 Å². The second kappa shape index (κ2) is 8.05. The average molecular weight is 428 g/mol. The Morgan fingerprint density at radius 3 is 2.77 bits per heavy atom. The lowest BCUT2D eigenvalue weighted by molar-refractivity contribution is 0.103. The molecule has 26 heavy (non-hydrogen) atoms. The van der Waals surface area contributed by atoms with Gasteiger partial charge >= 0.3 is 0 Å². The first-order valence-electron chi connectivity index (χ1n) is 7.63. The number of sulfonamides is 1. The van der Waals surface area contributed by atoms with Gasteiger partial charge in [0.2, 0.25) is 10.0 Å². The Balaban J connectivity index is 1.64. The summed E-state index contributed by atoms with van der Waals surface area (Å²) in [5.41, 5.74) is 1.65. The summed E-state index contributed by atoms with van der Waals surface area (Å²) in [7, 11) is -3.19. The molecular formula is C16H17N3O3S4. The molecule has 0 atom stereocenters. The van der Waals surface area contributed by atoms with Crippen LogP contribution in [0.15, 0.2) is 34.7 Å². The molecule has 0 saturated carbocycles. The number of rotatable bonds is 7. The number of carbonyl (C=O) groups is 1. The molecule has 0 fully saturated rings. The molecule has 3 aromatic rings. The number of anilines is 1. The Kier molecular flexibility index (Phi) is 5.98. The molecule has 0 aliphatic carbocycles. The van der Waals surface area contributed by atoms with Crippen molar-refractivity contribution < 1.29 is 13.2 Å². The second-order valence-corrected chi connectivity index (χ2v) is 10.6. The number of fused-ring (bicyclic) bond motifs is 1. The smallest absolute Gasteiger partial charge is 0.265 e. The quantitative estimate of drug-likeness (QED) is 0.564. The summed E-state index contributed by atoms with van der Waals surface area (Å²) < 4.78 is 26.6. The fourth-order valence-corrected chi connectivity index (χ4v) is 5.16. The molecule has 0 aliphatic heterocycles. The molecule has 3 rings (SSSR count). The number of thioether (sulfide) groups is 1. The molecule has 0 unspecified atom stereocenters. The fourth-order valence-electron chi connectivity index (χ4n) is 2.26. The van der Waals surface area contributed by atoms with E-state index in [4.69, 9.17) is 0 Å². The molecule has 1 amide bonds. The van der Waals surface area contributed by atoms with E-state index in [2.05, 4.69) is 15.0 Å². The number of nitrogens with zero attached hydrogens (tertiary/aromatic N) is 1. The second-order valence-electron chi connectivity index (χ2n) is 5.50. The number of hydrogen-bond acceptors (Lipinski definition) is 7. The van der Waals surface area contributed by atoms with Crippen LogP contribution in [0.5, 0.6) is 0 Å². The summed E-state index contributed by atoms with van der Waals surface area (Å²) in [5, 5.41) is 2.90. The first-order valence-corrected chi connectivity index (χ1v) is 12.4. The molecule has 0 radical (unpaired) electrons. The van der Waals surface area contributed by atoms with Gasteiger partial charge in [-0.05, 0) is 43.0 Å². The van der Waals surface area contributed by atoms with Crippen molar-refractivity contribution in [1.82, 2.24) is 9.71 Å². The molecule has 0 saturated heterocycles. The molecule has 2 aromatic heterocycles. The van der Waals surface area contributed by atoms with Crippen molar-refractivity contribution in [2.75, 3.05) is 24.4 Å². The first-order chi connectivity index (χ1) is 12.3. The van der Waals surface area contributed by atoms with Crippen molar-refractivity contribution in [3.8, 4) is 0 Å². The summed E-state index contributed by atoms with van der Waals surface area (Å²) >= 11 is 4.56. The molecule has 0 aliphatic rings. The standard InChI is InChI=1S/C16H17N3O3S4/c1-23-16-19-12-5-3-10(9-14(12)25-16)18-15(20)13-6-4-11(24-13)7-8-17-26(2,21)22/h3-6,9,17H,7-8H2,1-2H3,(H,18,20). The van der Waals surface area contributed by atoms with Crippen LogP contribution in [0.2, 0.25) is 0 Å². The Morgan fingerprint density at radius 2 is 2.04 bits per heavy atom. The van der Waals surface area contributed by atoms with Crippen LogP contribution in [0, 0.1) is 0 Å². The van der Waals surface area contributed by atoms with Gasteiger partial charge in [0.15, 0.2) is 4.34 Å².